The van der Waals surface area contributed by atoms with Gasteiger partial charge in [-0.15, -0.1) is 0 Å². The quantitative estimate of drug-likeness (QED) is 0.811. The standard InChI is InChI=1S/C14H27N3O/c1-7-15-13(14(10(3)4)18-8-2)12-9-16-11(5)17(12)6/h9-10,13-15H,7-8H2,1-6H3. The summed E-state index contributed by atoms with van der Waals surface area (Å²) >= 11 is 0. The van der Waals surface area contributed by atoms with Crippen LogP contribution in [0.1, 0.15) is 45.3 Å². The molecular weight excluding hydrogens is 226 g/mol. The zero-order valence-electron chi connectivity index (χ0n) is 12.5. The molecule has 0 fully saturated rings. The number of aromatic nitrogens is 2. The monoisotopic (exact) mass is 253 g/mol. The lowest BCUT2D eigenvalue weighted by molar-refractivity contribution is 0.00151. The van der Waals surface area contributed by atoms with E-state index in [0.717, 1.165) is 19.0 Å². The topological polar surface area (TPSA) is 39.1 Å². The van der Waals surface area contributed by atoms with E-state index in [1.165, 1.54) is 5.69 Å². The molecule has 0 spiro atoms. The average Bonchev–Trinajstić information content (AvgIpc) is 2.64. The Morgan fingerprint density at radius 1 is 1.39 bits per heavy atom. The number of hydrogen-bond donors (Lipinski definition) is 1. The first kappa shape index (κ1) is 15.2. The molecule has 2 atom stereocenters. The van der Waals surface area contributed by atoms with Crippen molar-refractivity contribution in [3.63, 3.8) is 0 Å². The molecule has 4 heteroatoms. The van der Waals surface area contributed by atoms with E-state index < -0.39 is 0 Å². The molecule has 1 rings (SSSR count). The molecule has 18 heavy (non-hydrogen) atoms. The summed E-state index contributed by atoms with van der Waals surface area (Å²) in [5.74, 6) is 1.50. The van der Waals surface area contributed by atoms with E-state index in [1.807, 2.05) is 20.0 Å². The summed E-state index contributed by atoms with van der Waals surface area (Å²) in [6, 6.07) is 0.196. The van der Waals surface area contributed by atoms with Crippen molar-refractivity contribution in [3.05, 3.63) is 17.7 Å². The summed E-state index contributed by atoms with van der Waals surface area (Å²) in [6.45, 7) is 12.3. The van der Waals surface area contributed by atoms with Gasteiger partial charge in [0.25, 0.3) is 0 Å². The van der Waals surface area contributed by atoms with Crippen molar-refractivity contribution < 1.29 is 4.74 Å². The van der Waals surface area contributed by atoms with E-state index in [0.29, 0.717) is 5.92 Å². The second-order valence-corrected chi connectivity index (χ2v) is 4.99. The van der Waals surface area contributed by atoms with Crippen LogP contribution in [0.5, 0.6) is 0 Å². The highest BCUT2D eigenvalue weighted by Gasteiger charge is 2.28. The fraction of sp³-hybridized carbons (Fsp3) is 0.786. The van der Waals surface area contributed by atoms with Crippen LogP contribution in [-0.4, -0.2) is 28.8 Å². The van der Waals surface area contributed by atoms with E-state index in [9.17, 15) is 0 Å². The average molecular weight is 253 g/mol. The zero-order valence-corrected chi connectivity index (χ0v) is 12.5. The molecule has 1 heterocycles. The Hall–Kier alpha value is -0.870. The van der Waals surface area contributed by atoms with E-state index in [-0.39, 0.29) is 12.1 Å². The summed E-state index contributed by atoms with van der Waals surface area (Å²) in [6.07, 6.45) is 2.13. The smallest absolute Gasteiger partial charge is 0.105 e. The van der Waals surface area contributed by atoms with Crippen LogP contribution >= 0.6 is 0 Å². The van der Waals surface area contributed by atoms with Crippen LogP contribution < -0.4 is 5.32 Å². The highest BCUT2D eigenvalue weighted by atomic mass is 16.5. The molecule has 1 N–H and O–H groups in total. The summed E-state index contributed by atoms with van der Waals surface area (Å²) in [5.41, 5.74) is 1.20. The Morgan fingerprint density at radius 3 is 2.44 bits per heavy atom. The van der Waals surface area contributed by atoms with Crippen LogP contribution in [0.4, 0.5) is 0 Å². The molecule has 104 valence electrons. The molecule has 0 saturated carbocycles. The molecule has 0 aromatic carbocycles. The predicted octanol–water partition coefficient (Wildman–Crippen LogP) is 2.44. The molecular formula is C14H27N3O. The molecule has 2 unspecified atom stereocenters. The number of imidazole rings is 1. The van der Waals surface area contributed by atoms with E-state index in [4.69, 9.17) is 4.74 Å². The Bertz CT molecular complexity index is 360. The third kappa shape index (κ3) is 3.33. The van der Waals surface area contributed by atoms with Crippen LogP contribution in [0.3, 0.4) is 0 Å². The molecule has 0 amide bonds. The van der Waals surface area contributed by atoms with Crippen molar-refractivity contribution in [3.8, 4) is 0 Å². The maximum absolute atomic E-state index is 5.93. The minimum atomic E-state index is 0.171. The lowest BCUT2D eigenvalue weighted by Gasteiger charge is -2.30. The van der Waals surface area contributed by atoms with Gasteiger partial charge in [0, 0.05) is 13.7 Å². The van der Waals surface area contributed by atoms with Crippen molar-refractivity contribution in [1.82, 2.24) is 14.9 Å². The number of nitrogens with one attached hydrogen (secondary N) is 1. The maximum atomic E-state index is 5.93. The van der Waals surface area contributed by atoms with Gasteiger partial charge in [0.05, 0.1) is 24.0 Å². The number of rotatable bonds is 7. The van der Waals surface area contributed by atoms with Crippen molar-refractivity contribution in [2.75, 3.05) is 13.2 Å². The maximum Gasteiger partial charge on any atom is 0.105 e. The predicted molar refractivity (Wildman–Crippen MR) is 74.6 cm³/mol. The molecule has 0 aliphatic rings. The Kier molecular flexibility index (Phi) is 5.82. The molecule has 4 nitrogen and oxygen atoms in total. The second-order valence-electron chi connectivity index (χ2n) is 4.99. The third-order valence-electron chi connectivity index (χ3n) is 3.34. The van der Waals surface area contributed by atoms with Gasteiger partial charge in [-0.1, -0.05) is 20.8 Å². The first-order chi connectivity index (χ1) is 8.52. The largest absolute Gasteiger partial charge is 0.376 e. The van der Waals surface area contributed by atoms with E-state index in [1.54, 1.807) is 0 Å². The zero-order chi connectivity index (χ0) is 13.7. The van der Waals surface area contributed by atoms with Crippen molar-refractivity contribution >= 4 is 0 Å². The SMILES string of the molecule is CCNC(c1cnc(C)n1C)C(OCC)C(C)C. The van der Waals surface area contributed by atoms with E-state index in [2.05, 4.69) is 42.7 Å². The van der Waals surface area contributed by atoms with Crippen molar-refractivity contribution in [1.29, 1.82) is 0 Å². The van der Waals surface area contributed by atoms with Gasteiger partial charge in [-0.3, -0.25) is 0 Å². The van der Waals surface area contributed by atoms with Gasteiger partial charge in [0.15, 0.2) is 0 Å². The van der Waals surface area contributed by atoms with Crippen molar-refractivity contribution in [2.24, 2.45) is 13.0 Å². The summed E-state index contributed by atoms with van der Waals surface area (Å²) < 4.78 is 8.07. The summed E-state index contributed by atoms with van der Waals surface area (Å²) in [4.78, 5) is 4.39. The molecule has 0 aliphatic heterocycles. The van der Waals surface area contributed by atoms with Crippen LogP contribution in [0, 0.1) is 12.8 Å². The van der Waals surface area contributed by atoms with Gasteiger partial charge < -0.3 is 14.6 Å². The number of ether oxygens (including phenoxy) is 1. The van der Waals surface area contributed by atoms with Gasteiger partial charge in [-0.05, 0) is 26.3 Å². The summed E-state index contributed by atoms with van der Waals surface area (Å²) in [5, 5.41) is 3.53. The Balaban J connectivity index is 3.03. The highest BCUT2D eigenvalue weighted by molar-refractivity contribution is 5.11. The number of hydrogen-bond acceptors (Lipinski definition) is 3. The van der Waals surface area contributed by atoms with Gasteiger partial charge >= 0.3 is 0 Å². The minimum absolute atomic E-state index is 0.171. The lowest BCUT2D eigenvalue weighted by atomic mass is 9.97. The van der Waals surface area contributed by atoms with Crippen molar-refractivity contribution in [2.45, 2.75) is 46.8 Å². The molecule has 0 bridgehead atoms. The van der Waals surface area contributed by atoms with Gasteiger partial charge in [-0.2, -0.15) is 0 Å². The van der Waals surface area contributed by atoms with Crippen LogP contribution in [0.15, 0.2) is 6.20 Å². The minimum Gasteiger partial charge on any atom is -0.376 e. The van der Waals surface area contributed by atoms with Gasteiger partial charge in [0.1, 0.15) is 5.82 Å². The summed E-state index contributed by atoms with van der Waals surface area (Å²) in [7, 11) is 2.06. The lowest BCUT2D eigenvalue weighted by Crippen LogP contribution is -2.38. The molecule has 1 aromatic rings. The normalized spacial score (nSPS) is 15.1. The van der Waals surface area contributed by atoms with Crippen LogP contribution in [-0.2, 0) is 11.8 Å². The van der Waals surface area contributed by atoms with Crippen LogP contribution in [0.25, 0.3) is 0 Å². The molecule has 0 aliphatic carbocycles. The third-order valence-corrected chi connectivity index (χ3v) is 3.34. The number of aryl methyl sites for hydroxylation is 1. The number of nitrogens with zero attached hydrogens (tertiary/aromatic N) is 2. The first-order valence-corrected chi connectivity index (χ1v) is 6.86. The Morgan fingerprint density at radius 2 is 2.06 bits per heavy atom. The first-order valence-electron chi connectivity index (χ1n) is 6.86. The van der Waals surface area contributed by atoms with Gasteiger partial charge in [-0.25, -0.2) is 4.98 Å². The molecule has 0 saturated heterocycles. The van der Waals surface area contributed by atoms with E-state index >= 15 is 0 Å². The molecule has 1 aromatic heterocycles. The molecule has 0 radical (unpaired) electrons. The highest BCUT2D eigenvalue weighted by Crippen LogP contribution is 2.25. The fourth-order valence-corrected chi connectivity index (χ4v) is 2.28. The van der Waals surface area contributed by atoms with Crippen LogP contribution in [0.2, 0.25) is 0 Å². The Labute approximate surface area is 111 Å². The van der Waals surface area contributed by atoms with Gasteiger partial charge in [0.2, 0.25) is 0 Å². The second kappa shape index (κ2) is 6.90. The number of likely N-dealkylation sites (N-methyl/N-ethyl adjacent to an activating group) is 1. The fourth-order valence-electron chi connectivity index (χ4n) is 2.28.